The predicted octanol–water partition coefficient (Wildman–Crippen LogP) is 7.18. The fraction of sp³-hybridized carbons (Fsp3) is 0.258. The standard InChI is InChI=1S/C31H32ClN5O3S/c1-6-41-31-35-30-33-20(4)27(29(38)34-24-9-7-8-18(2)19(24)3)28(37(30)36-31)22-12-15-25(26(16-22)39-5)40-17-21-10-13-23(32)14-11-21/h7-16,28H,6,17H2,1-5H3,(H,34,38)(H,33,35,36). The number of ether oxygens (including phenoxy) is 2. The summed E-state index contributed by atoms with van der Waals surface area (Å²) in [6.07, 6.45) is 0. The van der Waals surface area contributed by atoms with Gasteiger partial charge in [0.05, 0.1) is 12.7 Å². The highest BCUT2D eigenvalue weighted by molar-refractivity contribution is 7.99. The molecule has 1 aliphatic heterocycles. The van der Waals surface area contributed by atoms with Crippen LogP contribution >= 0.6 is 23.4 Å². The Kier molecular flexibility index (Phi) is 8.56. The molecule has 3 aromatic carbocycles. The molecule has 0 saturated carbocycles. The Labute approximate surface area is 249 Å². The summed E-state index contributed by atoms with van der Waals surface area (Å²) in [5.74, 6) is 2.32. The molecule has 4 aromatic rings. The highest BCUT2D eigenvalue weighted by Crippen LogP contribution is 2.40. The molecule has 1 aromatic heterocycles. The van der Waals surface area contributed by atoms with Gasteiger partial charge in [-0.25, -0.2) is 4.68 Å². The van der Waals surface area contributed by atoms with Gasteiger partial charge in [0, 0.05) is 16.4 Å². The molecular weight excluding hydrogens is 558 g/mol. The third-order valence-electron chi connectivity index (χ3n) is 7.02. The Morgan fingerprint density at radius 1 is 1.10 bits per heavy atom. The molecule has 0 radical (unpaired) electrons. The molecule has 0 saturated heterocycles. The van der Waals surface area contributed by atoms with Crippen LogP contribution in [0.2, 0.25) is 5.02 Å². The van der Waals surface area contributed by atoms with Crippen molar-refractivity contribution in [1.29, 1.82) is 0 Å². The number of methoxy groups -OCH3 is 1. The summed E-state index contributed by atoms with van der Waals surface area (Å²) in [6, 6.07) is 18.5. The fourth-order valence-electron chi connectivity index (χ4n) is 4.72. The van der Waals surface area contributed by atoms with Crippen molar-refractivity contribution in [1.82, 2.24) is 14.8 Å². The van der Waals surface area contributed by atoms with E-state index in [-0.39, 0.29) is 5.91 Å². The number of halogens is 1. The van der Waals surface area contributed by atoms with Crippen LogP contribution in [-0.4, -0.2) is 33.5 Å². The molecule has 0 fully saturated rings. The zero-order valence-electron chi connectivity index (χ0n) is 23.6. The van der Waals surface area contributed by atoms with Gasteiger partial charge in [0.2, 0.25) is 11.1 Å². The van der Waals surface area contributed by atoms with E-state index in [1.165, 1.54) is 0 Å². The number of carbonyl (C=O) groups is 1. The van der Waals surface area contributed by atoms with Crippen LogP contribution < -0.4 is 20.1 Å². The number of anilines is 2. The van der Waals surface area contributed by atoms with E-state index in [1.54, 1.807) is 23.6 Å². The third kappa shape index (κ3) is 6.06. The number of thioether (sulfide) groups is 1. The van der Waals surface area contributed by atoms with E-state index < -0.39 is 6.04 Å². The minimum Gasteiger partial charge on any atom is -0.493 e. The summed E-state index contributed by atoms with van der Waals surface area (Å²) >= 11 is 7.56. The second-order valence-electron chi connectivity index (χ2n) is 9.69. The van der Waals surface area contributed by atoms with Crippen LogP contribution in [0, 0.1) is 13.8 Å². The van der Waals surface area contributed by atoms with Crippen molar-refractivity contribution < 1.29 is 14.3 Å². The van der Waals surface area contributed by atoms with Crippen LogP contribution in [0.1, 0.15) is 42.1 Å². The van der Waals surface area contributed by atoms with Crippen molar-refractivity contribution >= 4 is 40.9 Å². The number of hydrogen-bond donors (Lipinski definition) is 2. The molecule has 1 amide bonds. The minimum atomic E-state index is -0.547. The summed E-state index contributed by atoms with van der Waals surface area (Å²) in [4.78, 5) is 18.6. The van der Waals surface area contributed by atoms with Crippen molar-refractivity contribution in [2.24, 2.45) is 0 Å². The number of carbonyl (C=O) groups excluding carboxylic acids is 1. The number of aryl methyl sites for hydroxylation is 1. The van der Waals surface area contributed by atoms with E-state index >= 15 is 0 Å². The zero-order valence-corrected chi connectivity index (χ0v) is 25.2. The normalized spacial score (nSPS) is 14.3. The van der Waals surface area contributed by atoms with E-state index in [0.29, 0.717) is 45.5 Å². The predicted molar refractivity (Wildman–Crippen MR) is 164 cm³/mol. The molecule has 0 aliphatic carbocycles. The topological polar surface area (TPSA) is 90.3 Å². The first-order valence-corrected chi connectivity index (χ1v) is 14.6. The lowest BCUT2D eigenvalue weighted by atomic mass is 9.94. The number of hydrogen-bond acceptors (Lipinski definition) is 7. The van der Waals surface area contributed by atoms with Gasteiger partial charge in [-0.3, -0.25) is 4.79 Å². The number of nitrogens with one attached hydrogen (secondary N) is 2. The molecule has 8 nitrogen and oxygen atoms in total. The maximum atomic E-state index is 13.9. The van der Waals surface area contributed by atoms with E-state index in [2.05, 4.69) is 22.5 Å². The van der Waals surface area contributed by atoms with Crippen molar-refractivity contribution in [2.45, 2.75) is 45.5 Å². The maximum absolute atomic E-state index is 13.9. The molecule has 5 rings (SSSR count). The molecule has 0 bridgehead atoms. The maximum Gasteiger partial charge on any atom is 0.255 e. The van der Waals surface area contributed by atoms with Gasteiger partial charge in [-0.15, -0.1) is 5.10 Å². The molecule has 1 unspecified atom stereocenters. The van der Waals surface area contributed by atoms with Crippen LogP contribution in [0.3, 0.4) is 0 Å². The SMILES string of the molecule is CCSc1nc2n(n1)C(c1ccc(OCc3ccc(Cl)cc3)c(OC)c1)C(C(=O)Nc1cccc(C)c1C)=C(C)N2. The molecule has 41 heavy (non-hydrogen) atoms. The minimum absolute atomic E-state index is 0.221. The molecule has 0 spiro atoms. The summed E-state index contributed by atoms with van der Waals surface area (Å²) in [7, 11) is 1.60. The van der Waals surface area contributed by atoms with Gasteiger partial charge in [0.1, 0.15) is 12.6 Å². The van der Waals surface area contributed by atoms with Crippen molar-refractivity contribution in [2.75, 3.05) is 23.5 Å². The van der Waals surface area contributed by atoms with Crippen LogP contribution in [0.5, 0.6) is 11.5 Å². The third-order valence-corrected chi connectivity index (χ3v) is 7.99. The van der Waals surface area contributed by atoms with Crippen molar-refractivity contribution in [3.63, 3.8) is 0 Å². The number of nitrogens with zero attached hydrogens (tertiary/aromatic N) is 3. The number of amides is 1. The van der Waals surface area contributed by atoms with E-state index in [1.807, 2.05) is 81.4 Å². The van der Waals surface area contributed by atoms with Gasteiger partial charge in [0.25, 0.3) is 5.91 Å². The highest BCUT2D eigenvalue weighted by atomic mass is 35.5. The molecule has 2 N–H and O–H groups in total. The molecular formula is C31H32ClN5O3S. The van der Waals surface area contributed by atoms with Crippen molar-refractivity contribution in [3.05, 3.63) is 99.2 Å². The quantitative estimate of drug-likeness (QED) is 0.200. The molecule has 1 aliphatic rings. The van der Waals surface area contributed by atoms with Gasteiger partial charge in [0.15, 0.2) is 11.5 Å². The van der Waals surface area contributed by atoms with E-state index in [9.17, 15) is 4.79 Å². The molecule has 212 valence electrons. The Hall–Kier alpha value is -3.95. The lowest BCUT2D eigenvalue weighted by Crippen LogP contribution is -2.31. The van der Waals surface area contributed by atoms with Crippen LogP contribution in [0.15, 0.2) is 77.1 Å². The van der Waals surface area contributed by atoms with E-state index in [0.717, 1.165) is 33.7 Å². The van der Waals surface area contributed by atoms with E-state index in [4.69, 9.17) is 26.2 Å². The average Bonchev–Trinajstić information content (AvgIpc) is 3.36. The number of rotatable bonds is 9. The van der Waals surface area contributed by atoms with Crippen molar-refractivity contribution in [3.8, 4) is 11.5 Å². The Balaban J connectivity index is 1.52. The van der Waals surface area contributed by atoms with Gasteiger partial charge in [-0.2, -0.15) is 4.98 Å². The largest absolute Gasteiger partial charge is 0.493 e. The smallest absolute Gasteiger partial charge is 0.255 e. The summed E-state index contributed by atoms with van der Waals surface area (Å²) in [6.45, 7) is 8.32. The highest BCUT2D eigenvalue weighted by Gasteiger charge is 2.35. The number of allylic oxidation sites excluding steroid dienone is 1. The fourth-order valence-corrected chi connectivity index (χ4v) is 5.40. The van der Waals surface area contributed by atoms with Crippen LogP contribution in [0.4, 0.5) is 11.6 Å². The first-order valence-electron chi connectivity index (χ1n) is 13.3. The summed E-state index contributed by atoms with van der Waals surface area (Å²) in [5, 5.41) is 12.5. The number of fused-ring (bicyclic) bond motifs is 1. The number of aromatic nitrogens is 3. The molecule has 2 heterocycles. The zero-order chi connectivity index (χ0) is 29.1. The lowest BCUT2D eigenvalue weighted by molar-refractivity contribution is -0.113. The second kappa shape index (κ2) is 12.3. The Morgan fingerprint density at radius 3 is 2.61 bits per heavy atom. The molecule has 1 atom stereocenters. The van der Waals surface area contributed by atoms with Crippen LogP contribution in [-0.2, 0) is 11.4 Å². The molecule has 10 heteroatoms. The monoisotopic (exact) mass is 589 g/mol. The van der Waals surface area contributed by atoms with Gasteiger partial charge >= 0.3 is 0 Å². The first kappa shape index (κ1) is 28.6. The van der Waals surface area contributed by atoms with Gasteiger partial charge in [-0.05, 0) is 79.1 Å². The second-order valence-corrected chi connectivity index (χ2v) is 11.4. The van der Waals surface area contributed by atoms with Gasteiger partial charge in [-0.1, -0.05) is 60.6 Å². The average molecular weight is 590 g/mol. The lowest BCUT2D eigenvalue weighted by Gasteiger charge is -2.29. The summed E-state index contributed by atoms with van der Waals surface area (Å²) in [5.41, 5.74) is 5.92. The van der Waals surface area contributed by atoms with Crippen LogP contribution in [0.25, 0.3) is 0 Å². The van der Waals surface area contributed by atoms with Gasteiger partial charge < -0.3 is 20.1 Å². The summed E-state index contributed by atoms with van der Waals surface area (Å²) < 4.78 is 13.6. The Bertz CT molecular complexity index is 1620. The Morgan fingerprint density at radius 2 is 1.88 bits per heavy atom. The number of benzene rings is 3. The first-order chi connectivity index (χ1) is 19.8.